The minimum atomic E-state index is 0.221. The summed E-state index contributed by atoms with van der Waals surface area (Å²) in [6, 6.07) is 0.221. The van der Waals surface area contributed by atoms with Crippen molar-refractivity contribution in [3.8, 4) is 0 Å². The van der Waals surface area contributed by atoms with Crippen LogP contribution >= 0.6 is 0 Å². The molecular weight excluding hydrogens is 254 g/mol. The van der Waals surface area contributed by atoms with Crippen LogP contribution in [0.15, 0.2) is 0 Å². The maximum absolute atomic E-state index is 6.05. The zero-order valence-corrected chi connectivity index (χ0v) is 13.2. The average Bonchev–Trinajstić information content (AvgIpc) is 2.34. The maximum Gasteiger partial charge on any atom is 0.229 e. The van der Waals surface area contributed by atoms with E-state index in [4.69, 9.17) is 11.5 Å². The highest BCUT2D eigenvalue weighted by atomic mass is 15.3. The summed E-state index contributed by atoms with van der Waals surface area (Å²) in [6.45, 7) is 5.82. The van der Waals surface area contributed by atoms with Crippen molar-refractivity contribution in [3.05, 3.63) is 5.82 Å². The van der Waals surface area contributed by atoms with E-state index in [1.165, 1.54) is 0 Å². The van der Waals surface area contributed by atoms with Crippen LogP contribution in [-0.4, -0.2) is 53.6 Å². The van der Waals surface area contributed by atoms with E-state index in [0.29, 0.717) is 24.2 Å². The minimum absolute atomic E-state index is 0.221. The molecule has 1 aromatic heterocycles. The molecule has 1 atom stereocenters. The Morgan fingerprint density at radius 3 is 2.30 bits per heavy atom. The third-order valence-electron chi connectivity index (χ3n) is 3.20. The molecule has 0 aliphatic rings. The van der Waals surface area contributed by atoms with Crippen LogP contribution in [0.25, 0.3) is 0 Å². The minimum Gasteiger partial charge on any atom is -0.368 e. The van der Waals surface area contributed by atoms with Crippen LogP contribution in [-0.2, 0) is 6.54 Å². The van der Waals surface area contributed by atoms with E-state index in [1.807, 2.05) is 26.0 Å². The second-order valence-corrected chi connectivity index (χ2v) is 5.74. The monoisotopic (exact) mass is 281 g/mol. The maximum atomic E-state index is 6.05. The van der Waals surface area contributed by atoms with Gasteiger partial charge in [0.15, 0.2) is 0 Å². The van der Waals surface area contributed by atoms with Crippen molar-refractivity contribution >= 4 is 11.9 Å². The highest BCUT2D eigenvalue weighted by Gasteiger charge is 2.11. The zero-order chi connectivity index (χ0) is 15.3. The second kappa shape index (κ2) is 7.35. The highest BCUT2D eigenvalue weighted by Crippen LogP contribution is 2.08. The number of hydrogen-bond donors (Lipinski definition) is 2. The topological polar surface area (TPSA) is 97.2 Å². The number of hydrogen-bond acceptors (Lipinski definition) is 7. The van der Waals surface area contributed by atoms with Gasteiger partial charge in [-0.2, -0.15) is 15.0 Å². The van der Waals surface area contributed by atoms with Crippen molar-refractivity contribution in [2.24, 2.45) is 11.7 Å². The van der Waals surface area contributed by atoms with Crippen LogP contribution in [0.4, 0.5) is 11.9 Å². The lowest BCUT2D eigenvalue weighted by molar-refractivity contribution is 0.290. The predicted molar refractivity (Wildman–Crippen MR) is 82.3 cm³/mol. The van der Waals surface area contributed by atoms with Crippen LogP contribution < -0.4 is 16.4 Å². The van der Waals surface area contributed by atoms with Gasteiger partial charge < -0.3 is 16.4 Å². The molecule has 114 valence electrons. The van der Waals surface area contributed by atoms with Gasteiger partial charge in [-0.05, 0) is 25.9 Å². The van der Waals surface area contributed by atoms with Gasteiger partial charge in [0, 0.05) is 20.1 Å². The molecule has 1 unspecified atom stereocenters. The molecule has 0 aliphatic carbocycles. The molecule has 0 aliphatic heterocycles. The van der Waals surface area contributed by atoms with E-state index in [1.54, 1.807) is 0 Å². The van der Waals surface area contributed by atoms with E-state index in [0.717, 1.165) is 13.0 Å². The third-order valence-corrected chi connectivity index (χ3v) is 3.20. The average molecular weight is 281 g/mol. The van der Waals surface area contributed by atoms with Gasteiger partial charge in [0.05, 0.1) is 6.54 Å². The fourth-order valence-corrected chi connectivity index (χ4v) is 1.72. The molecule has 1 rings (SSSR count). The molecule has 0 saturated heterocycles. The molecular formula is C13H27N7. The molecule has 20 heavy (non-hydrogen) atoms. The first-order valence-corrected chi connectivity index (χ1v) is 6.91. The number of nitrogen functional groups attached to an aromatic ring is 1. The number of nitrogens with two attached hydrogens (primary N) is 2. The largest absolute Gasteiger partial charge is 0.368 e. The number of rotatable bonds is 7. The molecule has 7 nitrogen and oxygen atoms in total. The molecule has 1 aromatic rings. The Morgan fingerprint density at radius 2 is 1.75 bits per heavy atom. The van der Waals surface area contributed by atoms with Gasteiger partial charge in [0.25, 0.3) is 0 Å². The van der Waals surface area contributed by atoms with Gasteiger partial charge in [-0.25, -0.2) is 0 Å². The van der Waals surface area contributed by atoms with E-state index in [-0.39, 0.29) is 12.0 Å². The lowest BCUT2D eigenvalue weighted by Gasteiger charge is -2.21. The van der Waals surface area contributed by atoms with Crippen LogP contribution in [0, 0.1) is 5.92 Å². The SMILES string of the molecule is CC(C)C(N)CCN(C)Cc1nc(N)nc(N(C)C)n1. The Bertz CT molecular complexity index is 419. The molecule has 4 N–H and O–H groups in total. The van der Waals surface area contributed by atoms with Crippen molar-refractivity contribution < 1.29 is 0 Å². The summed E-state index contributed by atoms with van der Waals surface area (Å²) < 4.78 is 0. The Kier molecular flexibility index (Phi) is 6.09. The molecule has 0 saturated carbocycles. The summed E-state index contributed by atoms with van der Waals surface area (Å²) in [5.74, 6) is 2.02. The summed E-state index contributed by atoms with van der Waals surface area (Å²) in [5.41, 5.74) is 11.8. The van der Waals surface area contributed by atoms with Crippen LogP contribution in [0.3, 0.4) is 0 Å². The fourth-order valence-electron chi connectivity index (χ4n) is 1.72. The van der Waals surface area contributed by atoms with Gasteiger partial charge in [0.1, 0.15) is 5.82 Å². The number of nitrogens with zero attached hydrogens (tertiary/aromatic N) is 5. The first-order chi connectivity index (χ1) is 9.29. The number of anilines is 2. The predicted octanol–water partition coefficient (Wildman–Crippen LogP) is 0.325. The van der Waals surface area contributed by atoms with Crippen molar-refractivity contribution in [2.75, 3.05) is 38.3 Å². The molecule has 1 heterocycles. The first kappa shape index (κ1) is 16.6. The Morgan fingerprint density at radius 1 is 1.10 bits per heavy atom. The summed E-state index contributed by atoms with van der Waals surface area (Å²) in [6.07, 6.45) is 0.954. The van der Waals surface area contributed by atoms with Gasteiger partial charge in [-0.1, -0.05) is 13.8 Å². The van der Waals surface area contributed by atoms with Gasteiger partial charge in [-0.15, -0.1) is 0 Å². The van der Waals surface area contributed by atoms with E-state index < -0.39 is 0 Å². The molecule has 0 spiro atoms. The van der Waals surface area contributed by atoms with Crippen molar-refractivity contribution in [2.45, 2.75) is 32.9 Å². The molecule has 0 fully saturated rings. The number of aromatic nitrogens is 3. The third kappa shape index (κ3) is 5.26. The van der Waals surface area contributed by atoms with Crippen LogP contribution in [0.2, 0.25) is 0 Å². The van der Waals surface area contributed by atoms with Crippen molar-refractivity contribution in [1.29, 1.82) is 0 Å². The molecule has 0 aromatic carbocycles. The molecule has 0 amide bonds. The standard InChI is InChI=1S/C13H27N7/c1-9(2)10(14)6-7-20(5)8-11-16-12(15)18-13(17-11)19(3)4/h9-10H,6-8,14H2,1-5H3,(H2,15,16,17,18). The smallest absolute Gasteiger partial charge is 0.229 e. The summed E-state index contributed by atoms with van der Waals surface area (Å²) in [5, 5.41) is 0. The summed E-state index contributed by atoms with van der Waals surface area (Å²) >= 11 is 0. The van der Waals surface area contributed by atoms with E-state index in [2.05, 4.69) is 33.7 Å². The lowest BCUT2D eigenvalue weighted by Crippen LogP contribution is -2.32. The first-order valence-electron chi connectivity index (χ1n) is 6.91. The van der Waals surface area contributed by atoms with E-state index >= 15 is 0 Å². The van der Waals surface area contributed by atoms with Crippen molar-refractivity contribution in [3.63, 3.8) is 0 Å². The Balaban J connectivity index is 2.59. The van der Waals surface area contributed by atoms with Crippen LogP contribution in [0.5, 0.6) is 0 Å². The summed E-state index contributed by atoms with van der Waals surface area (Å²) in [4.78, 5) is 16.6. The summed E-state index contributed by atoms with van der Waals surface area (Å²) in [7, 11) is 5.79. The quantitative estimate of drug-likeness (QED) is 0.743. The molecule has 7 heteroatoms. The van der Waals surface area contributed by atoms with Crippen molar-refractivity contribution in [1.82, 2.24) is 19.9 Å². The molecule has 0 radical (unpaired) electrons. The fraction of sp³-hybridized carbons (Fsp3) is 0.769. The zero-order valence-electron chi connectivity index (χ0n) is 13.2. The highest BCUT2D eigenvalue weighted by molar-refractivity contribution is 5.32. The van der Waals surface area contributed by atoms with Crippen LogP contribution in [0.1, 0.15) is 26.1 Å². The Hall–Kier alpha value is -1.47. The molecule has 0 bridgehead atoms. The Labute approximate surface area is 121 Å². The van der Waals surface area contributed by atoms with Gasteiger partial charge in [-0.3, -0.25) is 4.90 Å². The van der Waals surface area contributed by atoms with E-state index in [9.17, 15) is 0 Å². The second-order valence-electron chi connectivity index (χ2n) is 5.74. The van der Waals surface area contributed by atoms with Gasteiger partial charge in [0.2, 0.25) is 11.9 Å². The van der Waals surface area contributed by atoms with Gasteiger partial charge >= 0.3 is 0 Å². The normalized spacial score (nSPS) is 13.0. The lowest BCUT2D eigenvalue weighted by atomic mass is 10.0.